The SMILES string of the molecule is CC=CPCC. The molecular formula is C5H11P. The normalized spacial score (nSPS) is 12.3. The highest BCUT2D eigenvalue weighted by atomic mass is 31.1. The largest absolute Gasteiger partial charge is 0.0990 e. The summed E-state index contributed by atoms with van der Waals surface area (Å²) in [5, 5.41) is 0. The lowest BCUT2D eigenvalue weighted by molar-refractivity contribution is 1.52. The fraction of sp³-hybridized carbons (Fsp3) is 0.600. The summed E-state index contributed by atoms with van der Waals surface area (Å²) in [4.78, 5) is 0. The van der Waals surface area contributed by atoms with Gasteiger partial charge in [0, 0.05) is 0 Å². The molecule has 0 aliphatic heterocycles. The van der Waals surface area contributed by atoms with Crippen molar-refractivity contribution in [2.45, 2.75) is 13.8 Å². The van der Waals surface area contributed by atoms with Gasteiger partial charge in [-0.15, -0.1) is 0 Å². The smallest absolute Gasteiger partial charge is 0.0347 e. The minimum Gasteiger partial charge on any atom is -0.0990 e. The van der Waals surface area contributed by atoms with Crippen LogP contribution in [0, 0.1) is 0 Å². The van der Waals surface area contributed by atoms with E-state index in [0.29, 0.717) is 0 Å². The third-order valence-corrected chi connectivity index (χ3v) is 1.47. The molecule has 0 aliphatic rings. The molecule has 0 saturated heterocycles. The lowest BCUT2D eigenvalue weighted by Gasteiger charge is -1.77. The molecule has 0 aromatic heterocycles. The second-order valence-electron chi connectivity index (χ2n) is 1.06. The van der Waals surface area contributed by atoms with Crippen molar-refractivity contribution >= 4 is 8.58 Å². The molecule has 0 rings (SSSR count). The van der Waals surface area contributed by atoms with E-state index in [1.807, 2.05) is 0 Å². The summed E-state index contributed by atoms with van der Waals surface area (Å²) in [5.74, 6) is 2.21. The third kappa shape index (κ3) is 4.17. The topological polar surface area (TPSA) is 0 Å². The van der Waals surface area contributed by atoms with Gasteiger partial charge in [0.15, 0.2) is 0 Å². The zero-order valence-corrected chi connectivity index (χ0v) is 5.36. The van der Waals surface area contributed by atoms with Gasteiger partial charge in [0.25, 0.3) is 0 Å². The summed E-state index contributed by atoms with van der Waals surface area (Å²) in [6, 6.07) is 0. The van der Waals surface area contributed by atoms with Crippen molar-refractivity contribution < 1.29 is 0 Å². The average molecular weight is 102 g/mol. The van der Waals surface area contributed by atoms with Crippen LogP contribution >= 0.6 is 8.58 Å². The molecule has 0 spiro atoms. The van der Waals surface area contributed by atoms with Crippen LogP contribution in [0.4, 0.5) is 0 Å². The van der Waals surface area contributed by atoms with Crippen LogP contribution in [0.5, 0.6) is 0 Å². The van der Waals surface area contributed by atoms with E-state index in [1.54, 1.807) is 0 Å². The Labute approximate surface area is 41.4 Å². The molecule has 0 bridgehead atoms. The van der Waals surface area contributed by atoms with Gasteiger partial charge < -0.3 is 0 Å². The highest BCUT2D eigenvalue weighted by Crippen LogP contribution is 2.07. The van der Waals surface area contributed by atoms with Gasteiger partial charge in [-0.25, -0.2) is 0 Å². The number of hydrogen-bond donors (Lipinski definition) is 0. The van der Waals surface area contributed by atoms with Crippen LogP contribution in [-0.2, 0) is 0 Å². The van der Waals surface area contributed by atoms with Crippen molar-refractivity contribution in [2.24, 2.45) is 0 Å². The molecule has 0 saturated carbocycles. The lowest BCUT2D eigenvalue weighted by atomic mass is 10.8. The van der Waals surface area contributed by atoms with Gasteiger partial charge in [0.1, 0.15) is 0 Å². The molecule has 6 heavy (non-hydrogen) atoms. The number of hydrogen-bond acceptors (Lipinski definition) is 0. The van der Waals surface area contributed by atoms with Gasteiger partial charge in [-0.3, -0.25) is 0 Å². The van der Waals surface area contributed by atoms with Crippen molar-refractivity contribution in [3.8, 4) is 0 Å². The first-order valence-corrected chi connectivity index (χ1v) is 3.54. The van der Waals surface area contributed by atoms with Crippen LogP contribution < -0.4 is 0 Å². The molecule has 0 aromatic carbocycles. The van der Waals surface area contributed by atoms with E-state index in [2.05, 4.69) is 25.7 Å². The van der Waals surface area contributed by atoms with Gasteiger partial charge in [0.2, 0.25) is 0 Å². The second kappa shape index (κ2) is 5.17. The van der Waals surface area contributed by atoms with Crippen LogP contribution in [0.3, 0.4) is 0 Å². The lowest BCUT2D eigenvalue weighted by Crippen LogP contribution is -1.49. The first-order chi connectivity index (χ1) is 2.91. The molecule has 0 aliphatic carbocycles. The van der Waals surface area contributed by atoms with Crippen molar-refractivity contribution in [3.05, 3.63) is 11.9 Å². The van der Waals surface area contributed by atoms with E-state index in [-0.39, 0.29) is 0 Å². The monoisotopic (exact) mass is 102 g/mol. The van der Waals surface area contributed by atoms with Gasteiger partial charge in [0.05, 0.1) is 0 Å². The molecule has 0 radical (unpaired) electrons. The maximum absolute atomic E-state index is 2.21. The first-order valence-electron chi connectivity index (χ1n) is 2.26. The molecule has 1 heteroatoms. The average Bonchev–Trinajstić information content (AvgIpc) is 1.61. The Morgan fingerprint density at radius 3 is 2.50 bits per heavy atom. The van der Waals surface area contributed by atoms with Crippen LogP contribution in [0.25, 0.3) is 0 Å². The minimum absolute atomic E-state index is 1.03. The van der Waals surface area contributed by atoms with Gasteiger partial charge in [-0.1, -0.05) is 27.4 Å². The van der Waals surface area contributed by atoms with Crippen molar-refractivity contribution in [2.75, 3.05) is 6.16 Å². The molecule has 36 valence electrons. The summed E-state index contributed by atoms with van der Waals surface area (Å²) in [7, 11) is 1.03. The molecule has 1 atom stereocenters. The Balaban J connectivity index is 2.66. The summed E-state index contributed by atoms with van der Waals surface area (Å²) in [6.45, 7) is 4.25. The standard InChI is InChI=1S/C5H11P/c1-3-5-6-4-2/h3,5-6H,4H2,1-2H3. The number of rotatable bonds is 2. The Morgan fingerprint density at radius 1 is 1.67 bits per heavy atom. The van der Waals surface area contributed by atoms with Crippen molar-refractivity contribution in [1.29, 1.82) is 0 Å². The first kappa shape index (κ1) is 6.17. The fourth-order valence-electron chi connectivity index (χ4n) is 0.236. The van der Waals surface area contributed by atoms with Crippen molar-refractivity contribution in [3.63, 3.8) is 0 Å². The molecule has 0 aromatic rings. The summed E-state index contributed by atoms with van der Waals surface area (Å²) < 4.78 is 0. The van der Waals surface area contributed by atoms with E-state index in [0.717, 1.165) is 8.58 Å². The molecule has 1 unspecified atom stereocenters. The van der Waals surface area contributed by atoms with Crippen LogP contribution in [0.15, 0.2) is 11.9 Å². The molecule has 0 N–H and O–H groups in total. The van der Waals surface area contributed by atoms with Crippen LogP contribution in [-0.4, -0.2) is 6.16 Å². The summed E-state index contributed by atoms with van der Waals surface area (Å²) in [6.07, 6.45) is 3.40. The van der Waals surface area contributed by atoms with Gasteiger partial charge in [-0.05, 0) is 13.1 Å². The predicted molar refractivity (Wildman–Crippen MR) is 33.7 cm³/mol. The van der Waals surface area contributed by atoms with Gasteiger partial charge in [-0.2, -0.15) is 0 Å². The molecule has 0 amide bonds. The second-order valence-corrected chi connectivity index (χ2v) is 2.51. The van der Waals surface area contributed by atoms with E-state index < -0.39 is 0 Å². The van der Waals surface area contributed by atoms with E-state index in [9.17, 15) is 0 Å². The Kier molecular flexibility index (Phi) is 5.32. The van der Waals surface area contributed by atoms with Crippen LogP contribution in [0.1, 0.15) is 13.8 Å². The van der Waals surface area contributed by atoms with Crippen LogP contribution in [0.2, 0.25) is 0 Å². The fourth-order valence-corrected chi connectivity index (χ4v) is 0.707. The quantitative estimate of drug-likeness (QED) is 0.469. The Morgan fingerprint density at radius 2 is 2.33 bits per heavy atom. The zero-order valence-electron chi connectivity index (χ0n) is 4.36. The third-order valence-electron chi connectivity index (χ3n) is 0.489. The maximum Gasteiger partial charge on any atom is -0.0347 e. The van der Waals surface area contributed by atoms with Crippen molar-refractivity contribution in [1.82, 2.24) is 0 Å². The molecule has 0 heterocycles. The minimum atomic E-state index is 1.03. The maximum atomic E-state index is 2.21. The molecule has 0 nitrogen and oxygen atoms in total. The highest BCUT2D eigenvalue weighted by Gasteiger charge is 1.63. The van der Waals surface area contributed by atoms with E-state index in [1.165, 1.54) is 6.16 Å². The van der Waals surface area contributed by atoms with E-state index >= 15 is 0 Å². The molecular weight excluding hydrogens is 91.0 g/mol. The summed E-state index contributed by atoms with van der Waals surface area (Å²) in [5.41, 5.74) is 0. The zero-order chi connectivity index (χ0) is 4.83. The highest BCUT2D eigenvalue weighted by molar-refractivity contribution is 7.41. The van der Waals surface area contributed by atoms with Gasteiger partial charge >= 0.3 is 0 Å². The summed E-state index contributed by atoms with van der Waals surface area (Å²) >= 11 is 0. The molecule has 0 fully saturated rings. The Hall–Kier alpha value is 0.170. The van der Waals surface area contributed by atoms with E-state index in [4.69, 9.17) is 0 Å². The Bertz CT molecular complexity index is 39.2. The number of allylic oxidation sites excluding steroid dienone is 1. The predicted octanol–water partition coefficient (Wildman–Crippen LogP) is 2.22.